The van der Waals surface area contributed by atoms with Gasteiger partial charge in [0.05, 0.1) is 8.59 Å². The van der Waals surface area contributed by atoms with Gasteiger partial charge in [-0.05, 0) is 40.8 Å². The highest BCUT2D eigenvalue weighted by Crippen LogP contribution is 2.33. The molecule has 0 saturated carbocycles. The van der Waals surface area contributed by atoms with Crippen molar-refractivity contribution >= 4 is 45.1 Å². The van der Waals surface area contributed by atoms with Crippen LogP contribution >= 0.6 is 34.2 Å². The summed E-state index contributed by atoms with van der Waals surface area (Å²) in [4.78, 5) is 4.06. The first kappa shape index (κ1) is 9.02. The van der Waals surface area contributed by atoms with E-state index in [9.17, 15) is 5.11 Å². The first-order chi connectivity index (χ1) is 6.20. The predicted molar refractivity (Wildman–Crippen MR) is 61.1 cm³/mol. The number of pyridine rings is 1. The van der Waals surface area contributed by atoms with Crippen LogP contribution in [-0.2, 0) is 0 Å². The Kier molecular flexibility index (Phi) is 2.29. The molecular formula is C9H5ClINO. The number of rotatable bonds is 0. The second kappa shape index (κ2) is 3.31. The smallest absolute Gasteiger partial charge is 0.155 e. The molecule has 1 heterocycles. The normalized spacial score (nSPS) is 10.6. The average Bonchev–Trinajstić information content (AvgIpc) is 2.15. The Labute approximate surface area is 93.7 Å². The molecule has 0 radical (unpaired) electrons. The third-order valence-corrected chi connectivity index (χ3v) is 2.90. The Morgan fingerprint density at radius 2 is 2.23 bits per heavy atom. The number of phenolic OH excluding ortho intramolecular Hbond substituents is 1. The number of hydrogen-bond acceptors (Lipinski definition) is 2. The first-order valence-electron chi connectivity index (χ1n) is 3.62. The minimum atomic E-state index is 0.195. The Morgan fingerprint density at radius 3 is 3.00 bits per heavy atom. The SMILES string of the molecule is Oc1c([125I])cc(Cl)c2cccnc12. The van der Waals surface area contributed by atoms with E-state index in [4.69, 9.17) is 11.6 Å². The summed E-state index contributed by atoms with van der Waals surface area (Å²) >= 11 is 8.00. The molecule has 0 atom stereocenters. The van der Waals surface area contributed by atoms with Crippen molar-refractivity contribution in [3.8, 4) is 5.75 Å². The zero-order chi connectivity index (χ0) is 9.42. The molecule has 2 nitrogen and oxygen atoms in total. The molecule has 0 unspecified atom stereocenters. The fourth-order valence-corrected chi connectivity index (χ4v) is 2.17. The highest BCUT2D eigenvalue weighted by Gasteiger charge is 2.08. The van der Waals surface area contributed by atoms with Crippen LogP contribution in [0, 0.1) is 3.57 Å². The van der Waals surface area contributed by atoms with Gasteiger partial charge in [0.2, 0.25) is 0 Å². The maximum Gasteiger partial charge on any atom is 0.155 e. The molecule has 4 heteroatoms. The van der Waals surface area contributed by atoms with Crippen molar-refractivity contribution in [2.45, 2.75) is 0 Å². The lowest BCUT2D eigenvalue weighted by Crippen LogP contribution is -1.83. The Morgan fingerprint density at radius 1 is 1.46 bits per heavy atom. The Balaban J connectivity index is 2.97. The molecule has 0 bridgehead atoms. The van der Waals surface area contributed by atoms with E-state index in [0.29, 0.717) is 14.1 Å². The third kappa shape index (κ3) is 1.46. The number of fused-ring (bicyclic) bond motifs is 1. The van der Waals surface area contributed by atoms with Crippen LogP contribution in [0.25, 0.3) is 10.9 Å². The van der Waals surface area contributed by atoms with Gasteiger partial charge >= 0.3 is 0 Å². The number of halogens is 2. The van der Waals surface area contributed by atoms with Crippen LogP contribution < -0.4 is 0 Å². The van der Waals surface area contributed by atoms with Gasteiger partial charge in [-0.25, -0.2) is 0 Å². The molecule has 0 aliphatic rings. The second-order valence-electron chi connectivity index (χ2n) is 2.59. The summed E-state index contributed by atoms with van der Waals surface area (Å²) in [7, 11) is 0. The summed E-state index contributed by atoms with van der Waals surface area (Å²) in [5.74, 6) is 0.195. The average molecular weight is 304 g/mol. The maximum absolute atomic E-state index is 9.65. The summed E-state index contributed by atoms with van der Waals surface area (Å²) in [6.45, 7) is 0. The van der Waals surface area contributed by atoms with Gasteiger partial charge in [-0.3, -0.25) is 4.98 Å². The molecule has 0 fully saturated rings. The fourth-order valence-electron chi connectivity index (χ4n) is 1.16. The molecule has 2 rings (SSSR count). The van der Waals surface area contributed by atoms with Crippen molar-refractivity contribution in [3.63, 3.8) is 0 Å². The lowest BCUT2D eigenvalue weighted by Gasteiger charge is -2.03. The van der Waals surface area contributed by atoms with Crippen LogP contribution in [0.4, 0.5) is 0 Å². The van der Waals surface area contributed by atoms with Crippen molar-refractivity contribution in [2.24, 2.45) is 0 Å². The van der Waals surface area contributed by atoms with E-state index in [0.717, 1.165) is 5.39 Å². The minimum Gasteiger partial charge on any atom is -0.505 e. The summed E-state index contributed by atoms with van der Waals surface area (Å²) in [6.07, 6.45) is 1.63. The summed E-state index contributed by atoms with van der Waals surface area (Å²) in [5, 5.41) is 11.0. The quantitative estimate of drug-likeness (QED) is 0.758. The van der Waals surface area contributed by atoms with Gasteiger partial charge in [0.1, 0.15) is 5.52 Å². The van der Waals surface area contributed by atoms with Crippen LogP contribution in [0.3, 0.4) is 0 Å². The van der Waals surface area contributed by atoms with Gasteiger partial charge < -0.3 is 5.11 Å². The van der Waals surface area contributed by atoms with Crippen LogP contribution in [-0.4, -0.2) is 10.1 Å². The van der Waals surface area contributed by atoms with Gasteiger partial charge in [-0.1, -0.05) is 11.6 Å². The van der Waals surface area contributed by atoms with E-state index in [-0.39, 0.29) is 5.75 Å². The summed E-state index contributed by atoms with van der Waals surface area (Å²) in [5.41, 5.74) is 0.555. The zero-order valence-electron chi connectivity index (χ0n) is 6.46. The van der Waals surface area contributed by atoms with Crippen molar-refractivity contribution in [2.75, 3.05) is 0 Å². The zero-order valence-corrected chi connectivity index (χ0v) is 9.37. The van der Waals surface area contributed by atoms with Gasteiger partial charge in [0.15, 0.2) is 5.75 Å². The number of nitrogens with zero attached hydrogens (tertiary/aromatic N) is 1. The molecule has 0 aliphatic heterocycles. The van der Waals surface area contributed by atoms with E-state index in [1.165, 1.54) is 0 Å². The predicted octanol–water partition coefficient (Wildman–Crippen LogP) is 3.20. The van der Waals surface area contributed by atoms with E-state index >= 15 is 0 Å². The highest BCUT2D eigenvalue weighted by atomic mass is 125. The maximum atomic E-state index is 9.65. The molecule has 1 aromatic heterocycles. The standard InChI is InChI=1S/C9H5ClINO/c10-6-4-7(11)9(13)8-5(6)2-1-3-12-8/h1-4,13H/i11-2. The molecule has 13 heavy (non-hydrogen) atoms. The van der Waals surface area contributed by atoms with Gasteiger partial charge in [-0.15, -0.1) is 0 Å². The van der Waals surface area contributed by atoms with E-state index in [2.05, 4.69) is 4.98 Å². The lowest BCUT2D eigenvalue weighted by molar-refractivity contribution is 0.476. The van der Waals surface area contributed by atoms with Crippen LogP contribution in [0.15, 0.2) is 24.4 Å². The van der Waals surface area contributed by atoms with E-state index in [1.54, 1.807) is 18.3 Å². The number of benzene rings is 1. The Bertz CT molecular complexity index is 472. The fraction of sp³-hybridized carbons (Fsp3) is 0. The molecule has 0 saturated heterocycles. The van der Waals surface area contributed by atoms with Crippen LogP contribution in [0.5, 0.6) is 5.75 Å². The van der Waals surface area contributed by atoms with Crippen molar-refractivity contribution in [1.29, 1.82) is 0 Å². The molecule has 1 N–H and O–H groups in total. The molecule has 0 spiro atoms. The van der Waals surface area contributed by atoms with Gasteiger partial charge in [0, 0.05) is 11.6 Å². The van der Waals surface area contributed by atoms with Crippen molar-refractivity contribution in [1.82, 2.24) is 4.98 Å². The van der Waals surface area contributed by atoms with Gasteiger partial charge in [-0.2, -0.15) is 0 Å². The molecule has 0 aliphatic carbocycles. The van der Waals surface area contributed by atoms with Gasteiger partial charge in [0.25, 0.3) is 0 Å². The number of aromatic hydroxyl groups is 1. The highest BCUT2D eigenvalue weighted by molar-refractivity contribution is 14.1. The van der Waals surface area contributed by atoms with E-state index in [1.807, 2.05) is 28.7 Å². The molecular weight excluding hydrogens is 298 g/mol. The Hall–Kier alpha value is -0.550. The largest absolute Gasteiger partial charge is 0.505 e. The number of phenols is 1. The number of aromatic nitrogens is 1. The topological polar surface area (TPSA) is 33.1 Å². The second-order valence-corrected chi connectivity index (χ2v) is 4.16. The van der Waals surface area contributed by atoms with Crippen LogP contribution in [0.2, 0.25) is 5.02 Å². The number of hydrogen-bond donors (Lipinski definition) is 1. The molecule has 1 aromatic carbocycles. The monoisotopic (exact) mass is 303 g/mol. The van der Waals surface area contributed by atoms with Crippen molar-refractivity contribution in [3.05, 3.63) is 33.0 Å². The third-order valence-electron chi connectivity index (χ3n) is 1.77. The molecule has 0 amide bonds. The minimum absolute atomic E-state index is 0.195. The summed E-state index contributed by atoms with van der Waals surface area (Å²) < 4.78 is 0.716. The van der Waals surface area contributed by atoms with Crippen molar-refractivity contribution < 1.29 is 5.11 Å². The van der Waals surface area contributed by atoms with Crippen LogP contribution in [0.1, 0.15) is 0 Å². The van der Waals surface area contributed by atoms with E-state index < -0.39 is 0 Å². The lowest BCUT2D eigenvalue weighted by atomic mass is 10.2. The molecule has 2 aromatic rings. The summed E-state index contributed by atoms with van der Waals surface area (Å²) in [6, 6.07) is 5.35. The molecule has 66 valence electrons. The first-order valence-corrected chi connectivity index (χ1v) is 5.07.